The Morgan fingerprint density at radius 3 is 1.92 bits per heavy atom. The summed E-state index contributed by atoms with van der Waals surface area (Å²) in [6.07, 6.45) is 0.792. The first-order chi connectivity index (χ1) is 6.17. The highest BCUT2D eigenvalue weighted by Crippen LogP contribution is 2.10. The molecule has 0 bridgehead atoms. The summed E-state index contributed by atoms with van der Waals surface area (Å²) in [5.74, 6) is -0.0602. The van der Waals surface area contributed by atoms with Crippen molar-refractivity contribution in [2.75, 3.05) is 20.7 Å². The second-order valence-corrected chi connectivity index (χ2v) is 2.86. The van der Waals surface area contributed by atoms with Gasteiger partial charge in [-0.25, -0.2) is 0 Å². The molecular formula is C10H22N2O. The van der Waals surface area contributed by atoms with Crippen molar-refractivity contribution in [2.45, 2.75) is 33.2 Å². The second-order valence-electron chi connectivity index (χ2n) is 2.86. The van der Waals surface area contributed by atoms with Crippen molar-refractivity contribution < 1.29 is 5.11 Å². The molecule has 2 unspecified atom stereocenters. The molecular weight excluding hydrogens is 164 g/mol. The van der Waals surface area contributed by atoms with Gasteiger partial charge in [-0.3, -0.25) is 0 Å². The largest absolute Gasteiger partial charge is 0.395 e. The van der Waals surface area contributed by atoms with Crippen molar-refractivity contribution in [1.29, 1.82) is 5.26 Å². The fourth-order valence-corrected chi connectivity index (χ4v) is 1.10. The molecule has 0 amide bonds. The summed E-state index contributed by atoms with van der Waals surface area (Å²) in [4.78, 5) is 1.89. The molecule has 0 aromatic heterocycles. The van der Waals surface area contributed by atoms with Crippen molar-refractivity contribution in [2.24, 2.45) is 5.92 Å². The number of nitriles is 1. The Kier molecular flexibility index (Phi) is 10.9. The third kappa shape index (κ3) is 5.62. The van der Waals surface area contributed by atoms with Crippen molar-refractivity contribution in [3.05, 3.63) is 0 Å². The van der Waals surface area contributed by atoms with E-state index in [0.717, 1.165) is 6.42 Å². The summed E-state index contributed by atoms with van der Waals surface area (Å²) in [5.41, 5.74) is 0. The zero-order valence-electron chi connectivity index (χ0n) is 9.41. The molecule has 0 radical (unpaired) electrons. The average molecular weight is 186 g/mol. The van der Waals surface area contributed by atoms with Crippen molar-refractivity contribution in [1.82, 2.24) is 4.90 Å². The Morgan fingerprint density at radius 1 is 1.38 bits per heavy atom. The topological polar surface area (TPSA) is 47.3 Å². The molecule has 0 aliphatic carbocycles. The summed E-state index contributed by atoms with van der Waals surface area (Å²) >= 11 is 0. The van der Waals surface area contributed by atoms with Gasteiger partial charge in [0.2, 0.25) is 0 Å². The van der Waals surface area contributed by atoms with E-state index in [0.29, 0.717) is 0 Å². The van der Waals surface area contributed by atoms with Gasteiger partial charge >= 0.3 is 0 Å². The first-order valence-electron chi connectivity index (χ1n) is 4.84. The molecule has 0 aliphatic rings. The fraction of sp³-hybridized carbons (Fsp3) is 0.900. The molecule has 0 spiro atoms. The lowest BCUT2D eigenvalue weighted by Gasteiger charge is -2.25. The van der Waals surface area contributed by atoms with Crippen LogP contribution in [0.2, 0.25) is 0 Å². The van der Waals surface area contributed by atoms with Crippen LogP contribution in [0.15, 0.2) is 0 Å². The van der Waals surface area contributed by atoms with Gasteiger partial charge in [0.15, 0.2) is 0 Å². The number of aliphatic hydroxyl groups is 1. The van der Waals surface area contributed by atoms with Crippen LogP contribution in [0.5, 0.6) is 0 Å². The number of hydrogen-bond donors (Lipinski definition) is 1. The molecule has 1 N–H and O–H groups in total. The lowest BCUT2D eigenvalue weighted by atomic mass is 9.98. The minimum atomic E-state index is -0.0602. The SMILES string of the molecule is CC.CCC(C#N)C(CO)N(C)C. The zero-order valence-corrected chi connectivity index (χ0v) is 9.41. The third-order valence-electron chi connectivity index (χ3n) is 1.92. The summed E-state index contributed by atoms with van der Waals surface area (Å²) in [6, 6.07) is 2.16. The number of hydrogen-bond acceptors (Lipinski definition) is 3. The molecule has 0 aromatic carbocycles. The molecule has 0 saturated heterocycles. The van der Waals surface area contributed by atoms with Gasteiger partial charge in [-0.2, -0.15) is 5.26 Å². The summed E-state index contributed by atoms with van der Waals surface area (Å²) in [5, 5.41) is 17.6. The molecule has 0 aromatic rings. The smallest absolute Gasteiger partial charge is 0.0673 e. The molecule has 0 heterocycles. The fourth-order valence-electron chi connectivity index (χ4n) is 1.10. The molecule has 2 atom stereocenters. The van der Waals surface area contributed by atoms with Gasteiger partial charge in [-0.15, -0.1) is 0 Å². The van der Waals surface area contributed by atoms with Crippen LogP contribution in [0.4, 0.5) is 0 Å². The number of rotatable bonds is 4. The standard InChI is InChI=1S/C8H16N2O.C2H6/c1-4-7(5-9)8(6-11)10(2)3;1-2/h7-8,11H,4,6H2,1-3H3;1-2H3. The Labute approximate surface area is 82.0 Å². The maximum Gasteiger partial charge on any atom is 0.0673 e. The van der Waals surface area contributed by atoms with Crippen LogP contribution in [0.25, 0.3) is 0 Å². The Balaban J connectivity index is 0. The van der Waals surface area contributed by atoms with Gasteiger partial charge in [-0.05, 0) is 20.5 Å². The lowest BCUT2D eigenvalue weighted by Crippen LogP contribution is -2.37. The van der Waals surface area contributed by atoms with Gasteiger partial charge in [0.25, 0.3) is 0 Å². The minimum absolute atomic E-state index is 0.0231. The van der Waals surface area contributed by atoms with Gasteiger partial charge in [0, 0.05) is 6.04 Å². The normalized spacial score (nSPS) is 14.0. The van der Waals surface area contributed by atoms with E-state index in [2.05, 4.69) is 6.07 Å². The predicted octanol–water partition coefficient (Wildman–Crippen LogP) is 1.48. The summed E-state index contributed by atoms with van der Waals surface area (Å²) < 4.78 is 0. The van der Waals surface area contributed by atoms with Gasteiger partial charge in [0.1, 0.15) is 0 Å². The van der Waals surface area contributed by atoms with E-state index in [9.17, 15) is 0 Å². The van der Waals surface area contributed by atoms with Gasteiger partial charge in [-0.1, -0.05) is 20.8 Å². The van der Waals surface area contributed by atoms with E-state index in [1.165, 1.54) is 0 Å². The summed E-state index contributed by atoms with van der Waals surface area (Å²) in [6.45, 7) is 6.01. The van der Waals surface area contributed by atoms with Crippen LogP contribution >= 0.6 is 0 Å². The maximum atomic E-state index is 8.94. The van der Waals surface area contributed by atoms with Crippen LogP contribution in [0.3, 0.4) is 0 Å². The van der Waals surface area contributed by atoms with Gasteiger partial charge < -0.3 is 10.0 Å². The quantitative estimate of drug-likeness (QED) is 0.723. The highest BCUT2D eigenvalue weighted by Gasteiger charge is 2.20. The Morgan fingerprint density at radius 2 is 1.85 bits per heavy atom. The summed E-state index contributed by atoms with van der Waals surface area (Å²) in [7, 11) is 3.75. The number of likely N-dealkylation sites (N-methyl/N-ethyl adjacent to an activating group) is 1. The Hall–Kier alpha value is -0.590. The van der Waals surface area contributed by atoms with E-state index >= 15 is 0 Å². The average Bonchev–Trinajstić information content (AvgIpc) is 2.16. The number of aliphatic hydroxyl groups excluding tert-OH is 1. The van der Waals surface area contributed by atoms with E-state index in [1.807, 2.05) is 39.8 Å². The van der Waals surface area contributed by atoms with Crippen LogP contribution in [-0.4, -0.2) is 36.8 Å². The monoisotopic (exact) mass is 186 g/mol. The molecule has 3 nitrogen and oxygen atoms in total. The van der Waals surface area contributed by atoms with E-state index < -0.39 is 0 Å². The van der Waals surface area contributed by atoms with E-state index in [-0.39, 0.29) is 18.6 Å². The molecule has 3 heteroatoms. The molecule has 0 rings (SSSR count). The molecule has 78 valence electrons. The maximum absolute atomic E-state index is 8.94. The van der Waals surface area contributed by atoms with E-state index in [1.54, 1.807) is 0 Å². The van der Waals surface area contributed by atoms with Crippen LogP contribution in [-0.2, 0) is 0 Å². The molecule has 13 heavy (non-hydrogen) atoms. The van der Waals surface area contributed by atoms with Gasteiger partial charge in [0.05, 0.1) is 18.6 Å². The predicted molar refractivity (Wildman–Crippen MR) is 55.3 cm³/mol. The van der Waals surface area contributed by atoms with Crippen molar-refractivity contribution in [3.63, 3.8) is 0 Å². The first kappa shape index (κ1) is 14.9. The first-order valence-corrected chi connectivity index (χ1v) is 4.84. The molecule has 0 fully saturated rings. The van der Waals surface area contributed by atoms with E-state index in [4.69, 9.17) is 10.4 Å². The lowest BCUT2D eigenvalue weighted by molar-refractivity contribution is 0.138. The molecule has 0 saturated carbocycles. The Bertz CT molecular complexity index is 140. The molecule has 0 aliphatic heterocycles. The zero-order chi connectivity index (χ0) is 10.9. The highest BCUT2D eigenvalue weighted by atomic mass is 16.3. The van der Waals surface area contributed by atoms with Crippen LogP contribution in [0, 0.1) is 17.2 Å². The third-order valence-corrected chi connectivity index (χ3v) is 1.92. The minimum Gasteiger partial charge on any atom is -0.395 e. The van der Waals surface area contributed by atoms with Crippen LogP contribution in [0.1, 0.15) is 27.2 Å². The highest BCUT2D eigenvalue weighted by molar-refractivity contribution is 4.90. The second kappa shape index (κ2) is 9.50. The van der Waals surface area contributed by atoms with Crippen LogP contribution < -0.4 is 0 Å². The van der Waals surface area contributed by atoms with Crippen molar-refractivity contribution in [3.8, 4) is 6.07 Å². The number of nitrogens with zero attached hydrogens (tertiary/aromatic N) is 2. The van der Waals surface area contributed by atoms with Crippen molar-refractivity contribution >= 4 is 0 Å².